The van der Waals surface area contributed by atoms with E-state index in [4.69, 9.17) is 4.74 Å². The van der Waals surface area contributed by atoms with Crippen LogP contribution >= 0.6 is 0 Å². The molecule has 1 fully saturated rings. The van der Waals surface area contributed by atoms with Crippen molar-refractivity contribution >= 4 is 11.8 Å². The van der Waals surface area contributed by atoms with Crippen LogP contribution in [-0.2, 0) is 4.79 Å². The van der Waals surface area contributed by atoms with Gasteiger partial charge in [-0.2, -0.15) is 0 Å². The molecule has 0 bridgehead atoms. The molecular formula is C25H32N2O3. The Morgan fingerprint density at radius 3 is 2.47 bits per heavy atom. The number of aryl methyl sites for hydroxylation is 1. The van der Waals surface area contributed by atoms with E-state index in [1.165, 1.54) is 5.56 Å². The summed E-state index contributed by atoms with van der Waals surface area (Å²) in [5.41, 5.74) is 2.75. The topological polar surface area (TPSA) is 58.6 Å². The molecule has 160 valence electrons. The molecule has 0 aliphatic carbocycles. The lowest BCUT2D eigenvalue weighted by Gasteiger charge is -2.26. The quantitative estimate of drug-likeness (QED) is 0.748. The zero-order chi connectivity index (χ0) is 21.7. The number of benzene rings is 2. The van der Waals surface area contributed by atoms with Crippen LogP contribution in [0.1, 0.15) is 54.1 Å². The number of amides is 2. The van der Waals surface area contributed by atoms with Crippen molar-refractivity contribution in [2.24, 2.45) is 5.92 Å². The third-order valence-electron chi connectivity index (χ3n) is 5.79. The maximum atomic E-state index is 13.3. The fourth-order valence-electron chi connectivity index (χ4n) is 4.09. The molecule has 2 unspecified atom stereocenters. The third-order valence-corrected chi connectivity index (χ3v) is 5.79. The molecule has 5 nitrogen and oxygen atoms in total. The van der Waals surface area contributed by atoms with Crippen LogP contribution in [0.3, 0.4) is 0 Å². The summed E-state index contributed by atoms with van der Waals surface area (Å²) in [5.74, 6) is 1.28. The van der Waals surface area contributed by atoms with Gasteiger partial charge in [-0.3, -0.25) is 9.59 Å². The van der Waals surface area contributed by atoms with E-state index in [1.54, 1.807) is 13.2 Å². The van der Waals surface area contributed by atoms with Crippen molar-refractivity contribution in [2.75, 3.05) is 20.2 Å². The molecule has 1 aliphatic heterocycles. The van der Waals surface area contributed by atoms with E-state index in [1.807, 2.05) is 42.2 Å². The van der Waals surface area contributed by atoms with Gasteiger partial charge in [0.2, 0.25) is 5.91 Å². The Labute approximate surface area is 179 Å². The molecular weight excluding hydrogens is 376 g/mol. The van der Waals surface area contributed by atoms with Crippen LogP contribution in [0.2, 0.25) is 0 Å². The number of ether oxygens (including phenoxy) is 1. The van der Waals surface area contributed by atoms with Crippen LogP contribution in [0.15, 0.2) is 48.5 Å². The summed E-state index contributed by atoms with van der Waals surface area (Å²) >= 11 is 0. The molecule has 2 atom stereocenters. The van der Waals surface area contributed by atoms with Crippen molar-refractivity contribution in [3.63, 3.8) is 0 Å². The largest absolute Gasteiger partial charge is 0.497 e. The summed E-state index contributed by atoms with van der Waals surface area (Å²) in [6, 6.07) is 15.0. The van der Waals surface area contributed by atoms with Crippen LogP contribution in [-0.4, -0.2) is 43.0 Å². The standard InChI is InChI=1S/C25H32N2O3/c1-17(2)15-23(26-24(28)22-8-6-5-7-18(22)3)25(29)27-14-13-20(16-27)19-9-11-21(30-4)12-10-19/h5-12,17,20,23H,13-16H2,1-4H3,(H,26,28). The normalized spacial score (nSPS) is 17.1. The molecule has 1 N–H and O–H groups in total. The Hall–Kier alpha value is -2.82. The Balaban J connectivity index is 1.69. The number of methoxy groups -OCH3 is 1. The Kier molecular flexibility index (Phi) is 7.14. The Morgan fingerprint density at radius 2 is 1.83 bits per heavy atom. The van der Waals surface area contributed by atoms with Gasteiger partial charge < -0.3 is 15.0 Å². The molecule has 2 amide bonds. The number of hydrogen-bond donors (Lipinski definition) is 1. The van der Waals surface area contributed by atoms with Gasteiger partial charge in [-0.1, -0.05) is 44.2 Å². The molecule has 5 heteroatoms. The maximum absolute atomic E-state index is 13.3. The predicted molar refractivity (Wildman–Crippen MR) is 119 cm³/mol. The lowest BCUT2D eigenvalue weighted by molar-refractivity contribution is -0.132. The van der Waals surface area contributed by atoms with Gasteiger partial charge in [-0.05, 0) is 55.0 Å². The summed E-state index contributed by atoms with van der Waals surface area (Å²) in [7, 11) is 1.66. The lowest BCUT2D eigenvalue weighted by atomic mass is 9.98. The highest BCUT2D eigenvalue weighted by molar-refractivity contribution is 5.98. The summed E-state index contributed by atoms with van der Waals surface area (Å²) in [6.45, 7) is 7.45. The summed E-state index contributed by atoms with van der Waals surface area (Å²) < 4.78 is 5.24. The molecule has 0 aromatic heterocycles. The minimum atomic E-state index is -0.508. The van der Waals surface area contributed by atoms with Gasteiger partial charge in [0.1, 0.15) is 11.8 Å². The van der Waals surface area contributed by atoms with Gasteiger partial charge >= 0.3 is 0 Å². The van der Waals surface area contributed by atoms with Crippen LogP contribution in [0.5, 0.6) is 5.75 Å². The second-order valence-electron chi connectivity index (χ2n) is 8.51. The first-order valence-electron chi connectivity index (χ1n) is 10.7. The van der Waals surface area contributed by atoms with E-state index >= 15 is 0 Å². The lowest BCUT2D eigenvalue weighted by Crippen LogP contribution is -2.48. The van der Waals surface area contributed by atoms with E-state index in [0.717, 1.165) is 17.7 Å². The SMILES string of the molecule is COc1ccc(C2CCN(C(=O)C(CC(C)C)NC(=O)c3ccccc3C)C2)cc1. The minimum Gasteiger partial charge on any atom is -0.497 e. The van der Waals surface area contributed by atoms with Gasteiger partial charge in [0.05, 0.1) is 7.11 Å². The van der Waals surface area contributed by atoms with Gasteiger partial charge in [0.15, 0.2) is 0 Å². The predicted octanol–water partition coefficient (Wildman–Crippen LogP) is 4.16. The van der Waals surface area contributed by atoms with Gasteiger partial charge in [0.25, 0.3) is 5.91 Å². The molecule has 1 heterocycles. The molecule has 1 saturated heterocycles. The first kappa shape index (κ1) is 21.9. The summed E-state index contributed by atoms with van der Waals surface area (Å²) in [4.78, 5) is 28.0. The highest BCUT2D eigenvalue weighted by Crippen LogP contribution is 2.29. The van der Waals surface area contributed by atoms with Crippen molar-refractivity contribution in [3.05, 3.63) is 65.2 Å². The molecule has 0 radical (unpaired) electrons. The van der Waals surface area contributed by atoms with Crippen molar-refractivity contribution in [3.8, 4) is 5.75 Å². The number of carbonyl (C=O) groups excluding carboxylic acids is 2. The summed E-state index contributed by atoms with van der Waals surface area (Å²) in [5, 5.41) is 3.01. The summed E-state index contributed by atoms with van der Waals surface area (Å²) in [6.07, 6.45) is 1.55. The van der Waals surface area contributed by atoms with Crippen LogP contribution in [0, 0.1) is 12.8 Å². The Morgan fingerprint density at radius 1 is 1.13 bits per heavy atom. The van der Waals surface area contributed by atoms with Gasteiger partial charge in [-0.15, -0.1) is 0 Å². The zero-order valence-electron chi connectivity index (χ0n) is 18.4. The fourth-order valence-corrected chi connectivity index (χ4v) is 4.09. The van der Waals surface area contributed by atoms with E-state index in [0.29, 0.717) is 36.9 Å². The number of hydrogen-bond acceptors (Lipinski definition) is 3. The number of rotatable bonds is 7. The number of nitrogens with zero attached hydrogens (tertiary/aromatic N) is 1. The maximum Gasteiger partial charge on any atom is 0.252 e. The zero-order valence-corrected chi connectivity index (χ0v) is 18.4. The second kappa shape index (κ2) is 9.79. The Bertz CT molecular complexity index is 876. The average Bonchev–Trinajstić information content (AvgIpc) is 3.23. The molecule has 0 spiro atoms. The molecule has 2 aromatic rings. The van der Waals surface area contributed by atoms with E-state index in [9.17, 15) is 9.59 Å². The van der Waals surface area contributed by atoms with Gasteiger partial charge in [-0.25, -0.2) is 0 Å². The molecule has 30 heavy (non-hydrogen) atoms. The monoisotopic (exact) mass is 408 g/mol. The van der Waals surface area contributed by atoms with Crippen molar-refractivity contribution < 1.29 is 14.3 Å². The first-order valence-corrected chi connectivity index (χ1v) is 10.7. The molecule has 3 rings (SSSR count). The van der Waals surface area contributed by atoms with E-state index in [2.05, 4.69) is 31.3 Å². The highest BCUT2D eigenvalue weighted by Gasteiger charge is 2.33. The van der Waals surface area contributed by atoms with Crippen molar-refractivity contribution in [2.45, 2.75) is 45.6 Å². The third kappa shape index (κ3) is 5.21. The van der Waals surface area contributed by atoms with Crippen LogP contribution < -0.4 is 10.1 Å². The molecule has 0 saturated carbocycles. The van der Waals surface area contributed by atoms with E-state index < -0.39 is 6.04 Å². The van der Waals surface area contributed by atoms with Crippen LogP contribution in [0.25, 0.3) is 0 Å². The molecule has 2 aromatic carbocycles. The number of nitrogens with one attached hydrogen (secondary N) is 1. The number of carbonyl (C=O) groups is 2. The second-order valence-corrected chi connectivity index (χ2v) is 8.51. The van der Waals surface area contributed by atoms with Crippen LogP contribution in [0.4, 0.5) is 0 Å². The first-order chi connectivity index (χ1) is 14.4. The highest BCUT2D eigenvalue weighted by atomic mass is 16.5. The van der Waals surface area contributed by atoms with Crippen molar-refractivity contribution in [1.82, 2.24) is 10.2 Å². The van der Waals surface area contributed by atoms with Gasteiger partial charge in [0, 0.05) is 24.6 Å². The van der Waals surface area contributed by atoms with E-state index in [-0.39, 0.29) is 11.8 Å². The number of likely N-dealkylation sites (tertiary alicyclic amines) is 1. The minimum absolute atomic E-state index is 0.0154. The molecule has 1 aliphatic rings. The smallest absolute Gasteiger partial charge is 0.252 e. The average molecular weight is 409 g/mol. The fraction of sp³-hybridized carbons (Fsp3) is 0.440. The van der Waals surface area contributed by atoms with Crippen molar-refractivity contribution in [1.29, 1.82) is 0 Å².